The van der Waals surface area contributed by atoms with E-state index in [0.29, 0.717) is 6.54 Å². The summed E-state index contributed by atoms with van der Waals surface area (Å²) >= 11 is 0. The lowest BCUT2D eigenvalue weighted by molar-refractivity contribution is -0.0713. The number of hydrogen-bond donors (Lipinski definition) is 1. The van der Waals surface area contributed by atoms with Crippen molar-refractivity contribution in [3.05, 3.63) is 59.3 Å². The molecule has 1 aromatic carbocycles. The van der Waals surface area contributed by atoms with Crippen LogP contribution in [0.15, 0.2) is 42.5 Å². The van der Waals surface area contributed by atoms with Crippen LogP contribution in [0.3, 0.4) is 0 Å². The number of benzene rings is 1. The van der Waals surface area contributed by atoms with Crippen molar-refractivity contribution in [3.63, 3.8) is 0 Å². The number of rotatable bonds is 5. The van der Waals surface area contributed by atoms with E-state index in [1.807, 2.05) is 6.07 Å². The van der Waals surface area contributed by atoms with Gasteiger partial charge in [0.1, 0.15) is 11.4 Å². The highest BCUT2D eigenvalue weighted by Gasteiger charge is 2.44. The fraction of sp³-hybridized carbons (Fsp3) is 0.519. The Bertz CT molecular complexity index is 991. The molecule has 4 aliphatic rings. The van der Waals surface area contributed by atoms with Crippen molar-refractivity contribution in [3.8, 4) is 11.8 Å². The first kappa shape index (κ1) is 21.5. The maximum Gasteiger partial charge on any atom is 0.141 e. The summed E-state index contributed by atoms with van der Waals surface area (Å²) in [4.78, 5) is 9.70. The molecular weight excluding hydrogens is 398 g/mol. The van der Waals surface area contributed by atoms with E-state index in [1.54, 1.807) is 0 Å². The van der Waals surface area contributed by atoms with Gasteiger partial charge in [0.15, 0.2) is 0 Å². The highest BCUT2D eigenvalue weighted by atomic mass is 16.5. The zero-order valence-corrected chi connectivity index (χ0v) is 19.0. The molecule has 2 atom stereocenters. The van der Waals surface area contributed by atoms with Crippen LogP contribution in [0.2, 0.25) is 0 Å². The first-order chi connectivity index (χ1) is 15.6. The Morgan fingerprint density at radius 3 is 2.62 bits per heavy atom. The second kappa shape index (κ2) is 9.23. The van der Waals surface area contributed by atoms with Gasteiger partial charge in [-0.25, -0.2) is 4.98 Å². The predicted molar refractivity (Wildman–Crippen MR) is 127 cm³/mol. The van der Waals surface area contributed by atoms with Crippen molar-refractivity contribution >= 4 is 5.82 Å². The fourth-order valence-corrected chi connectivity index (χ4v) is 5.37. The van der Waals surface area contributed by atoms with Gasteiger partial charge in [0, 0.05) is 44.1 Å². The number of pyridine rings is 1. The maximum atomic E-state index is 11.3. The van der Waals surface area contributed by atoms with E-state index in [-0.39, 0.29) is 12.0 Å². The predicted octanol–water partition coefficient (Wildman–Crippen LogP) is 3.10. The van der Waals surface area contributed by atoms with Crippen molar-refractivity contribution in [1.29, 1.82) is 0 Å². The van der Waals surface area contributed by atoms with E-state index < -0.39 is 5.60 Å². The van der Waals surface area contributed by atoms with Crippen LogP contribution >= 0.6 is 0 Å². The molecular formula is C27H33N3O2. The van der Waals surface area contributed by atoms with Crippen LogP contribution in [-0.4, -0.2) is 66.0 Å². The highest BCUT2D eigenvalue weighted by Crippen LogP contribution is 2.35. The summed E-state index contributed by atoms with van der Waals surface area (Å²) in [6.07, 6.45) is 4.13. The van der Waals surface area contributed by atoms with Crippen LogP contribution in [0.4, 0.5) is 5.82 Å². The molecule has 6 rings (SSSR count). The molecule has 0 amide bonds. The summed E-state index contributed by atoms with van der Waals surface area (Å²) < 4.78 is 5.82. The standard InChI is InChI=1S/C27H33N3O2/c1-2-32-24-13-17-30(19-24)26-9-8-22(25(28-26)18-21-6-4-3-5-7-21)10-14-27(31)20-29-15-11-23(27)12-16-29/h3-9,23-24,31H,2,11-13,15-20H2,1H3/t24-,27+/m0/s1. The molecule has 5 nitrogen and oxygen atoms in total. The Hall–Kier alpha value is -2.39. The Kier molecular flexibility index (Phi) is 6.19. The average Bonchev–Trinajstić information content (AvgIpc) is 3.28. The zero-order valence-electron chi connectivity index (χ0n) is 19.0. The van der Waals surface area contributed by atoms with E-state index in [4.69, 9.17) is 9.72 Å². The molecule has 0 radical (unpaired) electrons. The van der Waals surface area contributed by atoms with E-state index in [2.05, 4.69) is 65.0 Å². The number of hydrogen-bond acceptors (Lipinski definition) is 5. The van der Waals surface area contributed by atoms with E-state index >= 15 is 0 Å². The average molecular weight is 432 g/mol. The lowest BCUT2D eigenvalue weighted by atomic mass is 9.75. The minimum atomic E-state index is -0.904. The topological polar surface area (TPSA) is 48.8 Å². The molecule has 4 fully saturated rings. The van der Waals surface area contributed by atoms with Crippen LogP contribution in [0.25, 0.3) is 0 Å². The summed E-state index contributed by atoms with van der Waals surface area (Å²) in [6.45, 7) is 7.48. The van der Waals surface area contributed by atoms with Gasteiger partial charge >= 0.3 is 0 Å². The maximum absolute atomic E-state index is 11.3. The van der Waals surface area contributed by atoms with Crippen molar-refractivity contribution in [2.45, 2.75) is 44.3 Å². The van der Waals surface area contributed by atoms with Gasteiger partial charge in [-0.05, 0) is 57.0 Å². The Labute approximate surface area is 191 Å². The molecule has 2 bridgehead atoms. The van der Waals surface area contributed by atoms with Gasteiger partial charge in [-0.15, -0.1) is 0 Å². The van der Waals surface area contributed by atoms with Gasteiger partial charge in [0.05, 0.1) is 11.8 Å². The molecule has 1 N–H and O–H groups in total. The molecule has 0 spiro atoms. The van der Waals surface area contributed by atoms with Gasteiger partial charge < -0.3 is 14.7 Å². The lowest BCUT2D eigenvalue weighted by Crippen LogP contribution is -2.58. The molecule has 168 valence electrons. The number of anilines is 1. The van der Waals surface area contributed by atoms with Gasteiger partial charge in [-0.1, -0.05) is 42.2 Å². The van der Waals surface area contributed by atoms with Gasteiger partial charge in [0.25, 0.3) is 0 Å². The summed E-state index contributed by atoms with van der Waals surface area (Å²) in [5.74, 6) is 7.89. The summed E-state index contributed by atoms with van der Waals surface area (Å²) in [6, 6.07) is 14.6. The molecule has 0 saturated carbocycles. The SMILES string of the molecule is CCO[C@H]1CCN(c2ccc(C#C[C@@]3(O)CN4CCC3CC4)c(Cc3ccccc3)n2)C1. The van der Waals surface area contributed by atoms with Crippen molar-refractivity contribution in [2.24, 2.45) is 5.92 Å². The minimum absolute atomic E-state index is 0.282. The van der Waals surface area contributed by atoms with Crippen LogP contribution in [0.1, 0.15) is 43.0 Å². The number of piperidine rings is 3. The van der Waals surface area contributed by atoms with Crippen LogP contribution in [0.5, 0.6) is 0 Å². The highest BCUT2D eigenvalue weighted by molar-refractivity contribution is 5.50. The van der Waals surface area contributed by atoms with Gasteiger partial charge in [-0.2, -0.15) is 0 Å². The molecule has 5 heteroatoms. The smallest absolute Gasteiger partial charge is 0.141 e. The largest absolute Gasteiger partial charge is 0.377 e. The quantitative estimate of drug-likeness (QED) is 0.738. The van der Waals surface area contributed by atoms with Crippen molar-refractivity contribution in [1.82, 2.24) is 9.88 Å². The van der Waals surface area contributed by atoms with Crippen LogP contribution < -0.4 is 4.90 Å². The number of fused-ring (bicyclic) bond motifs is 3. The first-order valence-electron chi connectivity index (χ1n) is 12.0. The van der Waals surface area contributed by atoms with Crippen molar-refractivity contribution in [2.75, 3.05) is 44.2 Å². The molecule has 2 aromatic rings. The second-order valence-corrected chi connectivity index (χ2v) is 9.36. The van der Waals surface area contributed by atoms with E-state index in [0.717, 1.165) is 75.5 Å². The van der Waals surface area contributed by atoms with Crippen LogP contribution in [0, 0.1) is 17.8 Å². The van der Waals surface area contributed by atoms with Crippen LogP contribution in [-0.2, 0) is 11.2 Å². The molecule has 0 aliphatic carbocycles. The third-order valence-electron chi connectivity index (χ3n) is 7.19. The molecule has 4 aliphatic heterocycles. The third-order valence-corrected chi connectivity index (χ3v) is 7.19. The fourth-order valence-electron chi connectivity index (χ4n) is 5.37. The van der Waals surface area contributed by atoms with E-state index in [1.165, 1.54) is 5.56 Å². The number of ether oxygens (including phenoxy) is 1. The minimum Gasteiger partial charge on any atom is -0.377 e. The number of nitrogens with zero attached hydrogens (tertiary/aromatic N) is 3. The summed E-state index contributed by atoms with van der Waals surface area (Å²) in [7, 11) is 0. The number of aliphatic hydroxyl groups is 1. The molecule has 0 unspecified atom stereocenters. The third kappa shape index (κ3) is 4.54. The number of aromatic nitrogens is 1. The molecule has 1 aromatic heterocycles. The summed E-state index contributed by atoms with van der Waals surface area (Å²) in [5, 5.41) is 11.3. The van der Waals surface area contributed by atoms with Gasteiger partial charge in [-0.3, -0.25) is 4.90 Å². The Balaban J connectivity index is 1.43. The Morgan fingerprint density at radius 1 is 1.09 bits per heavy atom. The first-order valence-corrected chi connectivity index (χ1v) is 12.0. The Morgan fingerprint density at radius 2 is 1.91 bits per heavy atom. The zero-order chi connectivity index (χ0) is 22.0. The second-order valence-electron chi connectivity index (χ2n) is 9.36. The lowest BCUT2D eigenvalue weighted by Gasteiger charge is -2.47. The molecule has 4 saturated heterocycles. The summed E-state index contributed by atoms with van der Waals surface area (Å²) in [5.41, 5.74) is 2.21. The normalized spacial score (nSPS) is 29.1. The molecule has 5 heterocycles. The van der Waals surface area contributed by atoms with Crippen molar-refractivity contribution < 1.29 is 9.84 Å². The van der Waals surface area contributed by atoms with E-state index in [9.17, 15) is 5.11 Å². The monoisotopic (exact) mass is 431 g/mol. The molecule has 32 heavy (non-hydrogen) atoms. The van der Waals surface area contributed by atoms with Gasteiger partial charge in [0.2, 0.25) is 0 Å².